The molecular weight excluding hydrogens is 292 g/mol. The number of furan rings is 1. The molecule has 3 heterocycles. The van der Waals surface area contributed by atoms with Crippen LogP contribution < -0.4 is 5.32 Å². The molecule has 21 heavy (non-hydrogen) atoms. The molecule has 2 unspecified atom stereocenters. The summed E-state index contributed by atoms with van der Waals surface area (Å²) in [4.78, 5) is 0. The predicted molar refractivity (Wildman–Crippen MR) is 77.3 cm³/mol. The number of ether oxygens (including phenoxy) is 1. The summed E-state index contributed by atoms with van der Waals surface area (Å²) >= 11 is 0. The van der Waals surface area contributed by atoms with Crippen LogP contribution in [0.15, 0.2) is 21.6 Å². The lowest BCUT2D eigenvalue weighted by Gasteiger charge is -2.30. The van der Waals surface area contributed by atoms with Crippen LogP contribution in [0, 0.1) is 0 Å². The number of fused-ring (bicyclic) bond motifs is 2. The molecule has 1 aromatic rings. The van der Waals surface area contributed by atoms with E-state index in [-0.39, 0.29) is 17.3 Å². The normalized spacial score (nSPS) is 26.6. The van der Waals surface area contributed by atoms with Crippen molar-refractivity contribution in [3.05, 3.63) is 17.9 Å². The van der Waals surface area contributed by atoms with E-state index in [0.29, 0.717) is 31.4 Å². The zero-order chi connectivity index (χ0) is 15.0. The Labute approximate surface area is 125 Å². The Morgan fingerprint density at radius 1 is 1.29 bits per heavy atom. The van der Waals surface area contributed by atoms with Gasteiger partial charge in [0.2, 0.25) is 5.09 Å². The molecule has 2 aliphatic rings. The first kappa shape index (κ1) is 15.0. The van der Waals surface area contributed by atoms with E-state index in [0.717, 1.165) is 12.8 Å². The van der Waals surface area contributed by atoms with Crippen LogP contribution in [-0.4, -0.2) is 44.1 Å². The maximum absolute atomic E-state index is 12.6. The molecule has 0 radical (unpaired) electrons. The van der Waals surface area contributed by atoms with E-state index in [2.05, 4.69) is 5.32 Å². The highest BCUT2D eigenvalue weighted by Crippen LogP contribution is 2.30. The van der Waals surface area contributed by atoms with Gasteiger partial charge >= 0.3 is 0 Å². The molecule has 6 nitrogen and oxygen atoms in total. The van der Waals surface area contributed by atoms with Crippen LogP contribution in [-0.2, 0) is 21.3 Å². The van der Waals surface area contributed by atoms with Crippen molar-refractivity contribution in [2.75, 3.05) is 13.1 Å². The third-order valence-corrected chi connectivity index (χ3v) is 5.63. The van der Waals surface area contributed by atoms with E-state index in [4.69, 9.17) is 9.15 Å². The first-order chi connectivity index (χ1) is 9.95. The third-order valence-electron chi connectivity index (χ3n) is 3.93. The highest BCUT2D eigenvalue weighted by atomic mass is 32.2. The zero-order valence-electron chi connectivity index (χ0n) is 12.4. The quantitative estimate of drug-likeness (QED) is 0.888. The van der Waals surface area contributed by atoms with Crippen molar-refractivity contribution in [2.45, 2.75) is 56.6 Å². The number of nitrogens with one attached hydrogen (secondary N) is 1. The maximum Gasteiger partial charge on any atom is 0.276 e. The Bertz CT molecular complexity index is 584. The summed E-state index contributed by atoms with van der Waals surface area (Å²) in [6.07, 6.45) is 1.96. The van der Waals surface area contributed by atoms with Gasteiger partial charge in [-0.15, -0.1) is 0 Å². The van der Waals surface area contributed by atoms with Gasteiger partial charge in [0, 0.05) is 19.1 Å². The minimum absolute atomic E-state index is 0.0318. The van der Waals surface area contributed by atoms with E-state index < -0.39 is 10.0 Å². The fraction of sp³-hybridized carbons (Fsp3) is 0.714. The van der Waals surface area contributed by atoms with Crippen LogP contribution in [0.3, 0.4) is 0 Å². The van der Waals surface area contributed by atoms with Crippen LogP contribution in [0.25, 0.3) is 0 Å². The molecule has 118 valence electrons. The molecule has 2 bridgehead atoms. The number of nitrogens with zero attached hydrogens (tertiary/aromatic N) is 1. The molecule has 7 heteroatoms. The lowest BCUT2D eigenvalue weighted by molar-refractivity contribution is -0.0118. The minimum atomic E-state index is -3.55. The molecule has 2 saturated heterocycles. The lowest BCUT2D eigenvalue weighted by atomic mass is 10.2. The Balaban J connectivity index is 1.73. The standard InChI is InChI=1S/C14H22N2O4S/c1-10(2)15-7-11-5-6-14(20-11)21(17,18)16-8-12-3-4-13(9-16)19-12/h5-6,10,12-13,15H,3-4,7-9H2,1-2H3. The maximum atomic E-state index is 12.6. The lowest BCUT2D eigenvalue weighted by Crippen LogP contribution is -2.45. The smallest absolute Gasteiger partial charge is 0.276 e. The third kappa shape index (κ3) is 3.15. The number of sulfonamides is 1. The van der Waals surface area contributed by atoms with Crippen molar-refractivity contribution >= 4 is 10.0 Å². The van der Waals surface area contributed by atoms with Gasteiger partial charge < -0.3 is 14.5 Å². The Kier molecular flexibility index (Phi) is 4.09. The second-order valence-electron chi connectivity index (χ2n) is 6.04. The van der Waals surface area contributed by atoms with Crippen molar-refractivity contribution in [2.24, 2.45) is 0 Å². The van der Waals surface area contributed by atoms with Gasteiger partial charge in [-0.25, -0.2) is 8.42 Å². The van der Waals surface area contributed by atoms with Crippen molar-refractivity contribution in [3.8, 4) is 0 Å². The second-order valence-corrected chi connectivity index (χ2v) is 7.90. The molecule has 0 amide bonds. The molecule has 0 aliphatic carbocycles. The van der Waals surface area contributed by atoms with Gasteiger partial charge in [0.15, 0.2) is 0 Å². The molecule has 1 aromatic heterocycles. The molecule has 2 fully saturated rings. The van der Waals surface area contributed by atoms with Crippen LogP contribution in [0.2, 0.25) is 0 Å². The number of morpholine rings is 1. The molecule has 0 saturated carbocycles. The number of rotatable bonds is 5. The summed E-state index contributed by atoms with van der Waals surface area (Å²) in [6.45, 7) is 5.45. The summed E-state index contributed by atoms with van der Waals surface area (Å²) < 4.78 is 37.9. The largest absolute Gasteiger partial charge is 0.447 e. The van der Waals surface area contributed by atoms with Gasteiger partial charge in [0.25, 0.3) is 10.0 Å². The van der Waals surface area contributed by atoms with Crippen LogP contribution >= 0.6 is 0 Å². The predicted octanol–water partition coefficient (Wildman–Crippen LogP) is 1.33. The Hall–Kier alpha value is -0.890. The molecule has 0 spiro atoms. The van der Waals surface area contributed by atoms with Gasteiger partial charge in [-0.05, 0) is 25.0 Å². The van der Waals surface area contributed by atoms with Gasteiger partial charge in [-0.3, -0.25) is 0 Å². The minimum Gasteiger partial charge on any atom is -0.447 e. The molecule has 3 rings (SSSR count). The fourth-order valence-corrected chi connectivity index (χ4v) is 4.23. The molecule has 0 aromatic carbocycles. The topological polar surface area (TPSA) is 71.8 Å². The van der Waals surface area contributed by atoms with Crippen LogP contribution in [0.4, 0.5) is 0 Å². The van der Waals surface area contributed by atoms with Gasteiger partial charge in [0.05, 0.1) is 18.8 Å². The van der Waals surface area contributed by atoms with Gasteiger partial charge in [-0.1, -0.05) is 13.8 Å². The first-order valence-corrected chi connectivity index (χ1v) is 8.87. The summed E-state index contributed by atoms with van der Waals surface area (Å²) in [5.74, 6) is 0.638. The molecular formula is C14H22N2O4S. The van der Waals surface area contributed by atoms with Gasteiger partial charge in [0.1, 0.15) is 5.76 Å². The fourth-order valence-electron chi connectivity index (χ4n) is 2.80. The average molecular weight is 314 g/mol. The summed E-state index contributed by atoms with van der Waals surface area (Å²) in [6, 6.07) is 3.59. The molecule has 2 aliphatic heterocycles. The summed E-state index contributed by atoms with van der Waals surface area (Å²) in [7, 11) is -3.55. The Morgan fingerprint density at radius 2 is 1.95 bits per heavy atom. The van der Waals surface area contributed by atoms with Crippen molar-refractivity contribution in [1.82, 2.24) is 9.62 Å². The zero-order valence-corrected chi connectivity index (χ0v) is 13.2. The van der Waals surface area contributed by atoms with Gasteiger partial charge in [-0.2, -0.15) is 4.31 Å². The number of hydrogen-bond acceptors (Lipinski definition) is 5. The van der Waals surface area contributed by atoms with E-state index >= 15 is 0 Å². The highest BCUT2D eigenvalue weighted by Gasteiger charge is 2.40. The number of hydrogen-bond donors (Lipinski definition) is 1. The monoisotopic (exact) mass is 314 g/mol. The van der Waals surface area contributed by atoms with Crippen molar-refractivity contribution in [1.29, 1.82) is 0 Å². The van der Waals surface area contributed by atoms with E-state index in [1.54, 1.807) is 12.1 Å². The highest BCUT2D eigenvalue weighted by molar-refractivity contribution is 7.89. The van der Waals surface area contributed by atoms with Crippen molar-refractivity contribution < 1.29 is 17.6 Å². The summed E-state index contributed by atoms with van der Waals surface area (Å²) in [5.41, 5.74) is 0. The van der Waals surface area contributed by atoms with Crippen LogP contribution in [0.5, 0.6) is 0 Å². The first-order valence-electron chi connectivity index (χ1n) is 7.43. The second kappa shape index (κ2) is 5.72. The van der Waals surface area contributed by atoms with E-state index in [9.17, 15) is 8.42 Å². The SMILES string of the molecule is CC(C)NCc1ccc(S(=O)(=O)N2CC3CCC(C2)O3)o1. The van der Waals surface area contributed by atoms with E-state index in [1.807, 2.05) is 13.8 Å². The average Bonchev–Trinajstić information content (AvgIpc) is 3.03. The van der Waals surface area contributed by atoms with Crippen LogP contribution in [0.1, 0.15) is 32.4 Å². The summed E-state index contributed by atoms with van der Waals surface area (Å²) in [5, 5.41) is 3.24. The molecule has 2 atom stereocenters. The van der Waals surface area contributed by atoms with E-state index in [1.165, 1.54) is 4.31 Å². The molecule has 1 N–H and O–H groups in total. The Morgan fingerprint density at radius 3 is 2.57 bits per heavy atom. The van der Waals surface area contributed by atoms with Crippen molar-refractivity contribution in [3.63, 3.8) is 0 Å².